The molecule has 0 unspecified atom stereocenters. The molecule has 19 heavy (non-hydrogen) atoms. The van der Waals surface area contributed by atoms with Crippen LogP contribution < -0.4 is 10.6 Å². The molecule has 1 aromatic rings. The van der Waals surface area contributed by atoms with E-state index < -0.39 is 4.92 Å². The first-order chi connectivity index (χ1) is 8.90. The van der Waals surface area contributed by atoms with Crippen molar-refractivity contribution in [1.29, 1.82) is 0 Å². The third kappa shape index (κ3) is 5.05. The highest BCUT2D eigenvalue weighted by Gasteiger charge is 2.11. The topological polar surface area (TPSA) is 84.3 Å². The van der Waals surface area contributed by atoms with Crippen LogP contribution in [0.25, 0.3) is 0 Å². The van der Waals surface area contributed by atoms with Crippen LogP contribution in [0.3, 0.4) is 0 Å². The van der Waals surface area contributed by atoms with Crippen LogP contribution in [0, 0.1) is 17.0 Å². The lowest BCUT2D eigenvalue weighted by molar-refractivity contribution is -0.385. The molecule has 0 atom stereocenters. The third-order valence-electron chi connectivity index (χ3n) is 2.58. The van der Waals surface area contributed by atoms with Crippen molar-refractivity contribution in [2.24, 2.45) is 0 Å². The van der Waals surface area contributed by atoms with Gasteiger partial charge >= 0.3 is 0 Å². The lowest BCUT2D eigenvalue weighted by atomic mass is 10.2. The van der Waals surface area contributed by atoms with Crippen molar-refractivity contribution in [3.63, 3.8) is 0 Å². The highest BCUT2D eigenvalue weighted by atomic mass is 16.6. The summed E-state index contributed by atoms with van der Waals surface area (Å²) in [5.74, 6) is -0.110. The van der Waals surface area contributed by atoms with Crippen LogP contribution in [0.4, 0.5) is 11.4 Å². The molecular formula is C13H19N3O3. The number of nitrogens with one attached hydrogen (secondary N) is 2. The summed E-state index contributed by atoms with van der Waals surface area (Å²) < 4.78 is 0. The van der Waals surface area contributed by atoms with Crippen LogP contribution in [-0.2, 0) is 4.79 Å². The van der Waals surface area contributed by atoms with Crippen molar-refractivity contribution in [2.45, 2.75) is 33.2 Å². The molecule has 0 saturated carbocycles. The maximum Gasteiger partial charge on any atom is 0.272 e. The Hall–Kier alpha value is -1.95. The molecule has 0 bridgehead atoms. The lowest BCUT2D eigenvalue weighted by Crippen LogP contribution is -2.27. The molecule has 0 fully saturated rings. The Morgan fingerprint density at radius 1 is 1.42 bits per heavy atom. The van der Waals surface area contributed by atoms with Crippen LogP contribution >= 0.6 is 0 Å². The molecule has 2 N–H and O–H groups in total. The first-order valence-electron chi connectivity index (χ1n) is 6.18. The Labute approximate surface area is 112 Å². The quantitative estimate of drug-likeness (QED) is 0.610. The molecule has 1 aromatic carbocycles. The Morgan fingerprint density at radius 3 is 2.63 bits per heavy atom. The molecule has 0 aromatic heterocycles. The van der Waals surface area contributed by atoms with Crippen molar-refractivity contribution in [2.75, 3.05) is 11.9 Å². The van der Waals surface area contributed by atoms with E-state index in [0.29, 0.717) is 30.3 Å². The molecule has 1 rings (SSSR count). The van der Waals surface area contributed by atoms with Gasteiger partial charge in [-0.3, -0.25) is 14.9 Å². The van der Waals surface area contributed by atoms with E-state index in [0.717, 1.165) is 0 Å². The number of benzene rings is 1. The summed E-state index contributed by atoms with van der Waals surface area (Å²) >= 11 is 0. The van der Waals surface area contributed by atoms with E-state index in [2.05, 4.69) is 10.6 Å². The summed E-state index contributed by atoms with van der Waals surface area (Å²) in [6.45, 7) is 6.28. The van der Waals surface area contributed by atoms with E-state index in [4.69, 9.17) is 0 Å². The molecule has 0 heterocycles. The molecule has 0 saturated heterocycles. The van der Waals surface area contributed by atoms with E-state index in [1.165, 1.54) is 6.07 Å². The van der Waals surface area contributed by atoms with Crippen molar-refractivity contribution >= 4 is 17.3 Å². The first-order valence-corrected chi connectivity index (χ1v) is 6.18. The Bertz CT molecular complexity index is 472. The number of hydrogen-bond donors (Lipinski definition) is 2. The summed E-state index contributed by atoms with van der Waals surface area (Å²) in [4.78, 5) is 21.9. The van der Waals surface area contributed by atoms with E-state index in [-0.39, 0.29) is 11.6 Å². The maximum atomic E-state index is 11.6. The van der Waals surface area contributed by atoms with Gasteiger partial charge in [0.1, 0.15) is 0 Å². The van der Waals surface area contributed by atoms with Crippen LogP contribution in [0.2, 0.25) is 0 Å². The van der Waals surface area contributed by atoms with E-state index in [9.17, 15) is 14.9 Å². The molecule has 0 aliphatic heterocycles. The van der Waals surface area contributed by atoms with Crippen molar-refractivity contribution in [3.05, 3.63) is 33.9 Å². The first kappa shape index (κ1) is 15.1. The van der Waals surface area contributed by atoms with Crippen molar-refractivity contribution in [1.82, 2.24) is 5.32 Å². The third-order valence-corrected chi connectivity index (χ3v) is 2.58. The number of anilines is 1. The second-order valence-corrected chi connectivity index (χ2v) is 4.67. The summed E-state index contributed by atoms with van der Waals surface area (Å²) in [5, 5.41) is 16.5. The Morgan fingerprint density at radius 2 is 2.11 bits per heavy atom. The van der Waals surface area contributed by atoms with Crippen molar-refractivity contribution in [3.8, 4) is 0 Å². The van der Waals surface area contributed by atoms with Crippen LogP contribution in [-0.4, -0.2) is 23.4 Å². The molecule has 0 radical (unpaired) electrons. The van der Waals surface area contributed by atoms with E-state index in [1.807, 2.05) is 13.8 Å². The molecular weight excluding hydrogens is 246 g/mol. The van der Waals surface area contributed by atoms with Gasteiger partial charge in [-0.15, -0.1) is 0 Å². The minimum absolute atomic E-state index is 0.0551. The second kappa shape index (κ2) is 6.84. The fourth-order valence-electron chi connectivity index (χ4n) is 1.64. The van der Waals surface area contributed by atoms with Gasteiger partial charge < -0.3 is 10.6 Å². The smallest absolute Gasteiger partial charge is 0.272 e. The van der Waals surface area contributed by atoms with E-state index in [1.54, 1.807) is 19.1 Å². The van der Waals surface area contributed by atoms with Gasteiger partial charge in [0.15, 0.2) is 0 Å². The molecule has 1 amide bonds. The number of hydrogen-bond acceptors (Lipinski definition) is 4. The maximum absolute atomic E-state index is 11.6. The number of amides is 1. The summed E-state index contributed by atoms with van der Waals surface area (Å²) in [7, 11) is 0. The predicted octanol–water partition coefficient (Wildman–Crippen LogP) is 2.23. The van der Waals surface area contributed by atoms with Gasteiger partial charge in [0.05, 0.1) is 4.92 Å². The lowest BCUT2D eigenvalue weighted by Gasteiger charge is -2.09. The number of nitrogens with zero attached hydrogens (tertiary/aromatic N) is 1. The van der Waals surface area contributed by atoms with Gasteiger partial charge in [-0.05, 0) is 19.1 Å². The van der Waals surface area contributed by atoms with Crippen LogP contribution in [0.15, 0.2) is 18.2 Å². The van der Waals surface area contributed by atoms with Gasteiger partial charge in [0.25, 0.3) is 5.69 Å². The molecule has 0 aliphatic rings. The molecule has 6 nitrogen and oxygen atoms in total. The molecule has 104 valence electrons. The van der Waals surface area contributed by atoms with Crippen molar-refractivity contribution < 1.29 is 9.72 Å². The fraction of sp³-hybridized carbons (Fsp3) is 0.462. The van der Waals surface area contributed by atoms with E-state index >= 15 is 0 Å². The normalized spacial score (nSPS) is 10.5. The number of rotatable bonds is 6. The van der Waals surface area contributed by atoms with Crippen LogP contribution in [0.5, 0.6) is 0 Å². The highest BCUT2D eigenvalue weighted by molar-refractivity contribution is 5.91. The Kier molecular flexibility index (Phi) is 5.44. The van der Waals surface area contributed by atoms with Gasteiger partial charge in [0, 0.05) is 36.3 Å². The van der Waals surface area contributed by atoms with Gasteiger partial charge in [-0.2, -0.15) is 0 Å². The number of aryl methyl sites for hydroxylation is 1. The number of carbonyl (C=O) groups excluding carboxylic acids is 1. The Balaban J connectivity index is 2.55. The average Bonchev–Trinajstić information content (AvgIpc) is 2.27. The molecule has 0 aliphatic carbocycles. The zero-order valence-electron chi connectivity index (χ0n) is 11.4. The standard InChI is InChI=1S/C13H19N3O3/c1-9(2)14-7-6-13(17)15-11-4-5-12(16(18)19)10(3)8-11/h4-5,8-9,14H,6-7H2,1-3H3,(H,15,17). The second-order valence-electron chi connectivity index (χ2n) is 4.67. The fourth-order valence-corrected chi connectivity index (χ4v) is 1.64. The van der Waals surface area contributed by atoms with Crippen LogP contribution in [0.1, 0.15) is 25.8 Å². The summed E-state index contributed by atoms with van der Waals surface area (Å²) in [6, 6.07) is 4.89. The van der Waals surface area contributed by atoms with Gasteiger partial charge in [-0.1, -0.05) is 13.8 Å². The molecule has 6 heteroatoms. The minimum Gasteiger partial charge on any atom is -0.326 e. The average molecular weight is 265 g/mol. The number of nitro groups is 1. The predicted molar refractivity (Wildman–Crippen MR) is 74.2 cm³/mol. The monoisotopic (exact) mass is 265 g/mol. The summed E-state index contributed by atoms with van der Waals surface area (Å²) in [6.07, 6.45) is 0.369. The number of nitro benzene ring substituents is 1. The largest absolute Gasteiger partial charge is 0.326 e. The number of carbonyl (C=O) groups is 1. The van der Waals surface area contributed by atoms with Gasteiger partial charge in [0.2, 0.25) is 5.91 Å². The highest BCUT2D eigenvalue weighted by Crippen LogP contribution is 2.21. The zero-order valence-corrected chi connectivity index (χ0v) is 11.4. The minimum atomic E-state index is -0.437. The SMILES string of the molecule is Cc1cc(NC(=O)CCNC(C)C)ccc1[N+](=O)[O-]. The summed E-state index contributed by atoms with van der Waals surface area (Å²) in [5.41, 5.74) is 1.17. The van der Waals surface area contributed by atoms with Gasteiger partial charge in [-0.25, -0.2) is 0 Å². The zero-order chi connectivity index (χ0) is 14.4. The molecule has 0 spiro atoms.